The number of halogens is 1. The third-order valence-electron chi connectivity index (χ3n) is 3.52. The zero-order chi connectivity index (χ0) is 18.1. The zero-order valence-electron chi connectivity index (χ0n) is 13.1. The van der Waals surface area contributed by atoms with Crippen molar-refractivity contribution in [3.63, 3.8) is 0 Å². The quantitative estimate of drug-likeness (QED) is 0.506. The molecule has 0 radical (unpaired) electrons. The molecule has 2 aromatic heterocycles. The van der Waals surface area contributed by atoms with Crippen molar-refractivity contribution < 1.29 is 14.0 Å². The lowest BCUT2D eigenvalue weighted by atomic mass is 10.2. The predicted molar refractivity (Wildman–Crippen MR) is 101 cm³/mol. The molecule has 1 saturated heterocycles. The van der Waals surface area contributed by atoms with E-state index in [2.05, 4.69) is 22.1 Å². The molecule has 1 aliphatic heterocycles. The van der Waals surface area contributed by atoms with Crippen LogP contribution >= 0.6 is 23.4 Å². The van der Waals surface area contributed by atoms with Gasteiger partial charge in [0.15, 0.2) is 5.58 Å². The Bertz CT molecular complexity index is 1150. The van der Waals surface area contributed by atoms with Crippen LogP contribution in [-0.4, -0.2) is 16.1 Å². The number of pyridine rings is 1. The number of nitrogens with zero attached hydrogens (tertiary/aromatic N) is 1. The molecule has 0 unspecified atom stereocenters. The number of rotatable bonds is 1. The van der Waals surface area contributed by atoms with Gasteiger partial charge in [-0.2, -0.15) is 0 Å². The average Bonchev–Trinajstić information content (AvgIpc) is 3.15. The van der Waals surface area contributed by atoms with Crippen LogP contribution in [0, 0.1) is 11.8 Å². The van der Waals surface area contributed by atoms with Gasteiger partial charge in [0.25, 0.3) is 11.1 Å². The lowest BCUT2D eigenvalue weighted by molar-refractivity contribution is -0.115. The highest BCUT2D eigenvalue weighted by atomic mass is 35.5. The molecule has 5 nitrogen and oxygen atoms in total. The molecule has 3 heterocycles. The Morgan fingerprint density at radius 3 is 2.85 bits per heavy atom. The van der Waals surface area contributed by atoms with Crippen molar-refractivity contribution in [3.05, 3.63) is 69.5 Å². The molecule has 1 aliphatic rings. The molecule has 126 valence electrons. The second kappa shape index (κ2) is 6.71. The number of amides is 2. The Morgan fingerprint density at radius 1 is 1.19 bits per heavy atom. The summed E-state index contributed by atoms with van der Waals surface area (Å²) in [5, 5.41) is 3.18. The maximum absolute atomic E-state index is 11.6. The van der Waals surface area contributed by atoms with Gasteiger partial charge in [0.2, 0.25) is 0 Å². The third kappa shape index (κ3) is 3.36. The molecule has 0 saturated carbocycles. The molecule has 3 aromatic rings. The molecular formula is C19H9ClN2O3S. The van der Waals surface area contributed by atoms with Crippen LogP contribution < -0.4 is 5.32 Å². The van der Waals surface area contributed by atoms with Gasteiger partial charge in [0, 0.05) is 34.4 Å². The molecule has 1 N–H and O–H groups in total. The topological polar surface area (TPSA) is 72.2 Å². The van der Waals surface area contributed by atoms with E-state index in [1.54, 1.807) is 30.6 Å². The van der Waals surface area contributed by atoms with E-state index in [1.165, 1.54) is 6.08 Å². The molecule has 0 bridgehead atoms. The van der Waals surface area contributed by atoms with E-state index in [0.29, 0.717) is 21.9 Å². The highest BCUT2D eigenvalue weighted by Crippen LogP contribution is 2.28. The molecule has 1 fully saturated rings. The maximum atomic E-state index is 11.6. The van der Waals surface area contributed by atoms with Gasteiger partial charge >= 0.3 is 0 Å². The monoisotopic (exact) mass is 380 g/mol. The summed E-state index contributed by atoms with van der Waals surface area (Å²) in [7, 11) is 0. The summed E-state index contributed by atoms with van der Waals surface area (Å²) in [6.07, 6.45) is 4.79. The second-order valence-electron chi connectivity index (χ2n) is 5.37. The van der Waals surface area contributed by atoms with Crippen LogP contribution in [0.3, 0.4) is 0 Å². The van der Waals surface area contributed by atoms with Crippen LogP contribution in [0.5, 0.6) is 0 Å². The van der Waals surface area contributed by atoms with E-state index in [-0.39, 0.29) is 4.91 Å². The molecule has 0 atom stereocenters. The van der Waals surface area contributed by atoms with Crippen molar-refractivity contribution in [1.82, 2.24) is 10.3 Å². The Kier molecular flexibility index (Phi) is 4.25. The van der Waals surface area contributed by atoms with Gasteiger partial charge in [-0.15, -0.1) is 0 Å². The summed E-state index contributed by atoms with van der Waals surface area (Å²) in [5.41, 5.74) is 1.96. The standard InChI is InChI=1S/C19H9ClN2O3S/c20-14-3-1-2-11(6-14)4-5-12-9-21-10-13-7-15(25-17(12)13)8-16-18(23)22-19(24)26-16/h1-3,6-10H,(H,22,23,24). The number of furan rings is 1. The van der Waals surface area contributed by atoms with Crippen LogP contribution in [0.25, 0.3) is 17.0 Å². The van der Waals surface area contributed by atoms with Crippen molar-refractivity contribution >= 4 is 51.6 Å². The normalized spacial score (nSPS) is 15.2. The fraction of sp³-hybridized carbons (Fsp3) is 0. The average molecular weight is 381 g/mol. The largest absolute Gasteiger partial charge is 0.455 e. The number of thioether (sulfide) groups is 1. The lowest BCUT2D eigenvalue weighted by Gasteiger charge is -1.93. The SMILES string of the molecule is O=C1NC(=O)C(=Cc2cc3cncc(C#Cc4cccc(Cl)c4)c3o2)S1. The molecule has 26 heavy (non-hydrogen) atoms. The first-order valence-corrected chi connectivity index (χ1v) is 8.68. The Hall–Kier alpha value is -3.01. The molecule has 1 aromatic carbocycles. The molecule has 7 heteroatoms. The first-order chi connectivity index (χ1) is 12.6. The number of aromatic nitrogens is 1. The summed E-state index contributed by atoms with van der Waals surface area (Å²) in [4.78, 5) is 27.3. The second-order valence-corrected chi connectivity index (χ2v) is 6.82. The number of carbonyl (C=O) groups is 2. The number of fused-ring (bicyclic) bond motifs is 1. The van der Waals surface area contributed by atoms with Crippen LogP contribution in [0.1, 0.15) is 16.9 Å². The summed E-state index contributed by atoms with van der Waals surface area (Å²) in [6, 6.07) is 8.98. The van der Waals surface area contributed by atoms with E-state index in [9.17, 15) is 9.59 Å². The number of imide groups is 1. The van der Waals surface area contributed by atoms with Gasteiger partial charge in [0.1, 0.15) is 5.76 Å². The predicted octanol–water partition coefficient (Wildman–Crippen LogP) is 4.20. The van der Waals surface area contributed by atoms with Gasteiger partial charge in [-0.3, -0.25) is 19.9 Å². The van der Waals surface area contributed by atoms with Crippen LogP contribution in [0.15, 0.2) is 52.0 Å². The van der Waals surface area contributed by atoms with Crippen LogP contribution in [0.2, 0.25) is 5.02 Å². The fourth-order valence-corrected chi connectivity index (χ4v) is 3.25. The first-order valence-electron chi connectivity index (χ1n) is 7.48. The van der Waals surface area contributed by atoms with E-state index in [0.717, 1.165) is 22.7 Å². The van der Waals surface area contributed by atoms with Crippen molar-refractivity contribution in [2.24, 2.45) is 0 Å². The van der Waals surface area contributed by atoms with Gasteiger partial charge in [0.05, 0.1) is 10.5 Å². The molecule has 0 aliphatic carbocycles. The molecule has 0 spiro atoms. The van der Waals surface area contributed by atoms with Crippen molar-refractivity contribution in [2.75, 3.05) is 0 Å². The van der Waals surface area contributed by atoms with Crippen molar-refractivity contribution in [1.29, 1.82) is 0 Å². The zero-order valence-corrected chi connectivity index (χ0v) is 14.6. The lowest BCUT2D eigenvalue weighted by Crippen LogP contribution is -2.17. The van der Waals surface area contributed by atoms with Crippen LogP contribution in [-0.2, 0) is 4.79 Å². The van der Waals surface area contributed by atoms with Crippen LogP contribution in [0.4, 0.5) is 4.79 Å². The van der Waals surface area contributed by atoms with E-state index in [4.69, 9.17) is 16.0 Å². The minimum atomic E-state index is -0.431. The van der Waals surface area contributed by atoms with E-state index < -0.39 is 11.1 Å². The number of hydrogen-bond donors (Lipinski definition) is 1. The number of carbonyl (C=O) groups excluding carboxylic acids is 2. The Labute approximate surface area is 157 Å². The minimum absolute atomic E-state index is 0.286. The smallest absolute Gasteiger partial charge is 0.290 e. The van der Waals surface area contributed by atoms with E-state index in [1.807, 2.05) is 12.1 Å². The third-order valence-corrected chi connectivity index (χ3v) is 4.57. The summed E-state index contributed by atoms with van der Waals surface area (Å²) < 4.78 is 5.81. The molecule has 2 amide bonds. The van der Waals surface area contributed by atoms with Gasteiger partial charge in [-0.05, 0) is 36.0 Å². The first kappa shape index (κ1) is 16.5. The number of nitrogens with one attached hydrogen (secondary N) is 1. The van der Waals surface area contributed by atoms with Gasteiger partial charge in [-0.1, -0.05) is 29.5 Å². The van der Waals surface area contributed by atoms with Crippen molar-refractivity contribution in [3.8, 4) is 11.8 Å². The Morgan fingerprint density at radius 2 is 2.08 bits per heavy atom. The van der Waals surface area contributed by atoms with Crippen molar-refractivity contribution in [2.45, 2.75) is 0 Å². The summed E-state index contributed by atoms with van der Waals surface area (Å²) >= 11 is 6.80. The molecular weight excluding hydrogens is 372 g/mol. The highest BCUT2D eigenvalue weighted by Gasteiger charge is 2.25. The summed E-state index contributed by atoms with van der Waals surface area (Å²) in [5.74, 6) is 6.08. The Balaban J connectivity index is 1.72. The highest BCUT2D eigenvalue weighted by molar-refractivity contribution is 8.18. The fourth-order valence-electron chi connectivity index (χ4n) is 2.40. The minimum Gasteiger partial charge on any atom is -0.455 e. The summed E-state index contributed by atoms with van der Waals surface area (Å²) in [6.45, 7) is 0. The number of benzene rings is 1. The maximum Gasteiger partial charge on any atom is 0.290 e. The molecule has 4 rings (SSSR count). The van der Waals surface area contributed by atoms with Gasteiger partial charge in [-0.25, -0.2) is 0 Å². The van der Waals surface area contributed by atoms with Gasteiger partial charge < -0.3 is 4.42 Å². The number of hydrogen-bond acceptors (Lipinski definition) is 5. The van der Waals surface area contributed by atoms with E-state index >= 15 is 0 Å².